The number of nitrogens with zero attached hydrogens (tertiary/aromatic N) is 1. The van der Waals surface area contributed by atoms with Crippen LogP contribution in [-0.2, 0) is 0 Å². The Hall–Kier alpha value is -6.96. The monoisotopic (exact) mass is 673 g/mol. The highest BCUT2D eigenvalue weighted by Crippen LogP contribution is 2.45. The minimum absolute atomic E-state index is 1.10. The van der Waals surface area contributed by atoms with Gasteiger partial charge in [-0.15, -0.1) is 0 Å². The van der Waals surface area contributed by atoms with Gasteiger partial charge in [0.05, 0.1) is 5.69 Å². The molecule has 10 rings (SSSR count). The van der Waals surface area contributed by atoms with Gasteiger partial charge in [0.15, 0.2) is 0 Å². The van der Waals surface area contributed by atoms with Crippen molar-refractivity contribution in [2.75, 3.05) is 4.90 Å². The van der Waals surface area contributed by atoms with Crippen molar-refractivity contribution in [1.29, 1.82) is 0 Å². The fraction of sp³-hybridized carbons (Fsp3) is 0. The van der Waals surface area contributed by atoms with Crippen LogP contribution in [0.5, 0.6) is 0 Å². The Morgan fingerprint density at radius 1 is 0.245 bits per heavy atom. The van der Waals surface area contributed by atoms with Gasteiger partial charge in [-0.25, -0.2) is 0 Å². The molecule has 0 amide bonds. The summed E-state index contributed by atoms with van der Waals surface area (Å²) in [6, 6.07) is 77.4. The van der Waals surface area contributed by atoms with Crippen LogP contribution in [0.4, 0.5) is 17.1 Å². The highest BCUT2D eigenvalue weighted by atomic mass is 15.1. The lowest BCUT2D eigenvalue weighted by Crippen LogP contribution is -2.11. The van der Waals surface area contributed by atoms with Crippen LogP contribution in [0.1, 0.15) is 0 Å². The molecule has 10 aromatic rings. The van der Waals surface area contributed by atoms with E-state index in [0.717, 1.165) is 17.1 Å². The van der Waals surface area contributed by atoms with Crippen LogP contribution in [0.3, 0.4) is 0 Å². The normalized spacial score (nSPS) is 11.4. The van der Waals surface area contributed by atoms with E-state index >= 15 is 0 Å². The van der Waals surface area contributed by atoms with Crippen molar-refractivity contribution in [3.63, 3.8) is 0 Å². The lowest BCUT2D eigenvalue weighted by molar-refractivity contribution is 1.29. The molecule has 0 aliphatic heterocycles. The molecule has 0 aromatic heterocycles. The quantitative estimate of drug-likeness (QED) is 0.159. The zero-order valence-electron chi connectivity index (χ0n) is 29.2. The first-order chi connectivity index (χ1) is 26.3. The average Bonchev–Trinajstić information content (AvgIpc) is 3.24. The molecule has 0 unspecified atom stereocenters. The lowest BCUT2D eigenvalue weighted by Gasteiger charge is -2.29. The van der Waals surface area contributed by atoms with Gasteiger partial charge in [0, 0.05) is 16.9 Å². The summed E-state index contributed by atoms with van der Waals surface area (Å²) >= 11 is 0. The zero-order valence-corrected chi connectivity index (χ0v) is 29.2. The van der Waals surface area contributed by atoms with E-state index in [9.17, 15) is 0 Å². The molecular formula is C52H35N. The van der Waals surface area contributed by atoms with Crippen molar-refractivity contribution < 1.29 is 0 Å². The number of fused-ring (bicyclic) bond motifs is 5. The topological polar surface area (TPSA) is 3.24 Å². The van der Waals surface area contributed by atoms with Crippen molar-refractivity contribution in [1.82, 2.24) is 0 Å². The number of rotatable bonds is 6. The van der Waals surface area contributed by atoms with Crippen LogP contribution in [0.2, 0.25) is 0 Å². The summed E-state index contributed by atoms with van der Waals surface area (Å²) in [6.45, 7) is 0. The summed E-state index contributed by atoms with van der Waals surface area (Å²) < 4.78 is 0. The lowest BCUT2D eigenvalue weighted by atomic mass is 9.92. The summed E-state index contributed by atoms with van der Waals surface area (Å²) in [6.07, 6.45) is 0. The van der Waals surface area contributed by atoms with E-state index in [1.807, 2.05) is 0 Å². The SMILES string of the molecule is c1ccc(-c2ccc3cc(N(c4cccc(-c5cccc6ccccc56)c4)c4ccccc4-c4cc5ccccc5c5ccccc45)ccc3c2)cc1. The molecule has 0 aliphatic rings. The maximum atomic E-state index is 2.44. The van der Waals surface area contributed by atoms with Crippen molar-refractivity contribution in [3.05, 3.63) is 212 Å². The molecule has 248 valence electrons. The first kappa shape index (κ1) is 30.8. The molecule has 10 aromatic carbocycles. The van der Waals surface area contributed by atoms with Gasteiger partial charge in [-0.05, 0) is 113 Å². The van der Waals surface area contributed by atoms with Crippen molar-refractivity contribution in [2.24, 2.45) is 0 Å². The van der Waals surface area contributed by atoms with Gasteiger partial charge in [-0.1, -0.05) is 170 Å². The molecule has 0 atom stereocenters. The third kappa shape index (κ3) is 5.51. The smallest absolute Gasteiger partial charge is 0.0540 e. The van der Waals surface area contributed by atoms with Gasteiger partial charge >= 0.3 is 0 Å². The predicted octanol–water partition coefficient (Wildman–Crippen LogP) is 14.8. The van der Waals surface area contributed by atoms with E-state index in [1.54, 1.807) is 0 Å². The first-order valence-electron chi connectivity index (χ1n) is 18.3. The molecule has 0 radical (unpaired) electrons. The Bertz CT molecular complexity index is 2950. The number of anilines is 3. The molecule has 1 nitrogen and oxygen atoms in total. The van der Waals surface area contributed by atoms with Gasteiger partial charge in [0.2, 0.25) is 0 Å². The second kappa shape index (κ2) is 13.0. The van der Waals surface area contributed by atoms with Crippen LogP contribution in [0, 0.1) is 0 Å². The summed E-state index contributed by atoms with van der Waals surface area (Å²) in [7, 11) is 0. The Morgan fingerprint density at radius 3 is 1.74 bits per heavy atom. The molecule has 0 aliphatic carbocycles. The number of hydrogen-bond acceptors (Lipinski definition) is 1. The Labute approximate surface area is 309 Å². The number of benzene rings is 10. The molecule has 0 heterocycles. The van der Waals surface area contributed by atoms with Gasteiger partial charge < -0.3 is 4.90 Å². The van der Waals surface area contributed by atoms with E-state index in [-0.39, 0.29) is 0 Å². The summed E-state index contributed by atoms with van der Waals surface area (Å²) in [5.41, 5.74) is 10.6. The third-order valence-corrected chi connectivity index (χ3v) is 10.6. The van der Waals surface area contributed by atoms with Gasteiger partial charge in [-0.2, -0.15) is 0 Å². The molecular weight excluding hydrogens is 639 g/mol. The second-order valence-corrected chi connectivity index (χ2v) is 13.7. The summed E-state index contributed by atoms with van der Waals surface area (Å²) in [5, 5.41) is 9.93. The number of para-hydroxylation sites is 1. The standard InChI is InChI=1S/C52H35N/c1-2-14-36(15-3-1)38-28-29-40-33-44(31-30-39(40)32-38)53(43-20-12-19-41(34-43)46-26-13-18-37-16-4-6-21-45(37)46)52-27-11-10-25-50(52)51-35-42-17-5-7-22-47(42)48-23-8-9-24-49(48)51/h1-35H. The molecule has 0 saturated heterocycles. The highest BCUT2D eigenvalue weighted by Gasteiger charge is 2.20. The minimum atomic E-state index is 1.10. The fourth-order valence-corrected chi connectivity index (χ4v) is 8.07. The van der Waals surface area contributed by atoms with E-state index in [4.69, 9.17) is 0 Å². The molecule has 1 heteroatoms. The zero-order chi connectivity index (χ0) is 35.1. The Balaban J connectivity index is 1.20. The highest BCUT2D eigenvalue weighted by molar-refractivity contribution is 6.15. The van der Waals surface area contributed by atoms with Crippen LogP contribution in [0.25, 0.3) is 76.5 Å². The molecule has 0 saturated carbocycles. The number of hydrogen-bond donors (Lipinski definition) is 0. The maximum absolute atomic E-state index is 2.44. The Morgan fingerprint density at radius 2 is 0.849 bits per heavy atom. The van der Waals surface area contributed by atoms with Crippen molar-refractivity contribution in [2.45, 2.75) is 0 Å². The van der Waals surface area contributed by atoms with E-state index < -0.39 is 0 Å². The largest absolute Gasteiger partial charge is 0.310 e. The summed E-state index contributed by atoms with van der Waals surface area (Å²) in [4.78, 5) is 2.44. The summed E-state index contributed by atoms with van der Waals surface area (Å²) in [5.74, 6) is 0. The van der Waals surface area contributed by atoms with Crippen LogP contribution in [-0.4, -0.2) is 0 Å². The minimum Gasteiger partial charge on any atom is -0.310 e. The molecule has 0 N–H and O–H groups in total. The second-order valence-electron chi connectivity index (χ2n) is 13.7. The van der Waals surface area contributed by atoms with Crippen LogP contribution < -0.4 is 4.90 Å². The van der Waals surface area contributed by atoms with Gasteiger partial charge in [-0.3, -0.25) is 0 Å². The molecule has 0 fully saturated rings. The van der Waals surface area contributed by atoms with Crippen LogP contribution >= 0.6 is 0 Å². The van der Waals surface area contributed by atoms with E-state index in [1.165, 1.54) is 76.5 Å². The fourth-order valence-electron chi connectivity index (χ4n) is 8.07. The van der Waals surface area contributed by atoms with Crippen molar-refractivity contribution >= 4 is 60.2 Å². The average molecular weight is 674 g/mol. The third-order valence-electron chi connectivity index (χ3n) is 10.6. The molecule has 0 spiro atoms. The van der Waals surface area contributed by atoms with E-state index in [2.05, 4.69) is 217 Å². The predicted molar refractivity (Wildman–Crippen MR) is 227 cm³/mol. The van der Waals surface area contributed by atoms with Gasteiger partial charge in [0.25, 0.3) is 0 Å². The maximum Gasteiger partial charge on any atom is 0.0540 e. The van der Waals surface area contributed by atoms with Crippen LogP contribution in [0.15, 0.2) is 212 Å². The van der Waals surface area contributed by atoms with Gasteiger partial charge in [0.1, 0.15) is 0 Å². The van der Waals surface area contributed by atoms with Crippen molar-refractivity contribution in [3.8, 4) is 33.4 Å². The first-order valence-corrected chi connectivity index (χ1v) is 18.3. The van der Waals surface area contributed by atoms with E-state index in [0.29, 0.717) is 0 Å². The Kier molecular flexibility index (Phi) is 7.55. The molecule has 53 heavy (non-hydrogen) atoms. The molecule has 0 bridgehead atoms.